The van der Waals surface area contributed by atoms with Gasteiger partial charge in [-0.3, -0.25) is 9.69 Å². The van der Waals surface area contributed by atoms with Gasteiger partial charge in [-0.1, -0.05) is 6.07 Å². The second kappa shape index (κ2) is 5.20. The number of carboxylic acid groups (broad SMARTS) is 1. The molecule has 5 nitrogen and oxygen atoms in total. The molecule has 0 unspecified atom stereocenters. The Morgan fingerprint density at radius 1 is 1.50 bits per heavy atom. The van der Waals surface area contributed by atoms with E-state index >= 15 is 0 Å². The molecule has 0 atom stereocenters. The van der Waals surface area contributed by atoms with Crippen LogP contribution in [0.2, 0.25) is 0 Å². The zero-order chi connectivity index (χ0) is 14.9. The highest BCUT2D eigenvalue weighted by molar-refractivity contribution is 5.88. The molecule has 1 saturated heterocycles. The topological polar surface area (TPSA) is 69.6 Å². The fourth-order valence-electron chi connectivity index (χ4n) is 2.27. The lowest BCUT2D eigenvalue weighted by Crippen LogP contribution is -2.61. The van der Waals surface area contributed by atoms with E-state index in [0.29, 0.717) is 25.2 Å². The van der Waals surface area contributed by atoms with Crippen LogP contribution in [0.3, 0.4) is 0 Å². The number of carbonyl (C=O) groups excluding carboxylic acids is 1. The van der Waals surface area contributed by atoms with Gasteiger partial charge >= 0.3 is 5.97 Å². The molecule has 0 saturated carbocycles. The molecule has 0 aromatic heterocycles. The number of halogens is 1. The lowest BCUT2D eigenvalue weighted by molar-refractivity contribution is -0.135. The van der Waals surface area contributed by atoms with Gasteiger partial charge in [-0.2, -0.15) is 0 Å². The van der Waals surface area contributed by atoms with Gasteiger partial charge in [-0.15, -0.1) is 0 Å². The van der Waals surface area contributed by atoms with Gasteiger partial charge in [0.15, 0.2) is 0 Å². The monoisotopic (exact) mass is 280 g/mol. The minimum absolute atomic E-state index is 0.0635. The number of nitrogens with zero attached hydrogens (tertiary/aromatic N) is 1. The van der Waals surface area contributed by atoms with Gasteiger partial charge in [0, 0.05) is 19.6 Å². The van der Waals surface area contributed by atoms with Crippen LogP contribution in [-0.2, 0) is 11.3 Å². The third-order valence-electron chi connectivity index (χ3n) is 3.65. The first-order valence-corrected chi connectivity index (χ1v) is 6.37. The molecule has 0 spiro atoms. The summed E-state index contributed by atoms with van der Waals surface area (Å²) in [4.78, 5) is 24.5. The summed E-state index contributed by atoms with van der Waals surface area (Å²) in [6, 6.07) is 4.05. The summed E-state index contributed by atoms with van der Waals surface area (Å²) in [7, 11) is 0. The van der Waals surface area contributed by atoms with E-state index in [2.05, 4.69) is 5.32 Å². The second-order valence-electron chi connectivity index (χ2n) is 5.36. The van der Waals surface area contributed by atoms with E-state index in [4.69, 9.17) is 5.11 Å². The quantitative estimate of drug-likeness (QED) is 0.874. The molecule has 1 aromatic carbocycles. The minimum atomic E-state index is -1.29. The van der Waals surface area contributed by atoms with Crippen molar-refractivity contribution in [2.24, 2.45) is 0 Å². The van der Waals surface area contributed by atoms with Crippen molar-refractivity contribution in [2.45, 2.75) is 25.9 Å². The predicted molar refractivity (Wildman–Crippen MR) is 70.9 cm³/mol. The number of hydrogen-bond acceptors (Lipinski definition) is 3. The third kappa shape index (κ3) is 2.65. The Balaban J connectivity index is 2.20. The van der Waals surface area contributed by atoms with Crippen molar-refractivity contribution in [3.05, 3.63) is 35.1 Å². The molecule has 0 aliphatic carbocycles. The summed E-state index contributed by atoms with van der Waals surface area (Å²) in [6.07, 6.45) is 0. The van der Waals surface area contributed by atoms with E-state index in [1.165, 1.54) is 12.1 Å². The first-order chi connectivity index (χ1) is 9.32. The van der Waals surface area contributed by atoms with Crippen LogP contribution < -0.4 is 5.32 Å². The van der Waals surface area contributed by atoms with Gasteiger partial charge in [0.05, 0.1) is 11.1 Å². The fourth-order valence-corrected chi connectivity index (χ4v) is 2.27. The smallest absolute Gasteiger partial charge is 0.338 e. The van der Waals surface area contributed by atoms with Crippen LogP contribution in [0, 0.1) is 5.82 Å². The lowest BCUT2D eigenvalue weighted by atomic mass is 9.97. The van der Waals surface area contributed by atoms with Gasteiger partial charge in [-0.25, -0.2) is 9.18 Å². The van der Waals surface area contributed by atoms with Crippen LogP contribution in [0.4, 0.5) is 4.39 Å². The van der Waals surface area contributed by atoms with Gasteiger partial charge in [0.2, 0.25) is 5.91 Å². The summed E-state index contributed by atoms with van der Waals surface area (Å²) >= 11 is 0. The van der Waals surface area contributed by atoms with Crippen LogP contribution >= 0.6 is 0 Å². The van der Waals surface area contributed by atoms with Gasteiger partial charge in [0.25, 0.3) is 0 Å². The Labute approximate surface area is 116 Å². The van der Waals surface area contributed by atoms with Crippen molar-refractivity contribution in [1.29, 1.82) is 0 Å². The Hall–Kier alpha value is -1.95. The molecule has 1 fully saturated rings. The number of rotatable bonds is 3. The largest absolute Gasteiger partial charge is 0.478 e. The van der Waals surface area contributed by atoms with Gasteiger partial charge < -0.3 is 10.4 Å². The van der Waals surface area contributed by atoms with Crippen molar-refractivity contribution >= 4 is 11.9 Å². The zero-order valence-corrected chi connectivity index (χ0v) is 11.4. The number of benzene rings is 1. The van der Waals surface area contributed by atoms with E-state index < -0.39 is 17.3 Å². The van der Waals surface area contributed by atoms with Crippen LogP contribution in [-0.4, -0.2) is 40.5 Å². The highest BCUT2D eigenvalue weighted by atomic mass is 19.1. The number of amides is 1. The van der Waals surface area contributed by atoms with Crippen LogP contribution in [0.25, 0.3) is 0 Å². The molecule has 0 bridgehead atoms. The Morgan fingerprint density at radius 2 is 2.20 bits per heavy atom. The first-order valence-electron chi connectivity index (χ1n) is 6.37. The second-order valence-corrected chi connectivity index (χ2v) is 5.36. The van der Waals surface area contributed by atoms with E-state index in [9.17, 15) is 14.0 Å². The molecule has 1 amide bonds. The first kappa shape index (κ1) is 14.5. The Bertz CT molecular complexity index is 557. The Morgan fingerprint density at radius 3 is 2.80 bits per heavy atom. The molecule has 2 rings (SSSR count). The summed E-state index contributed by atoms with van der Waals surface area (Å²) in [6.45, 7) is 5.24. The van der Waals surface area contributed by atoms with Crippen molar-refractivity contribution in [3.63, 3.8) is 0 Å². The maximum atomic E-state index is 13.6. The Kier molecular flexibility index (Phi) is 3.76. The molecular formula is C14H17FN2O3. The van der Waals surface area contributed by atoms with Crippen molar-refractivity contribution in [2.75, 3.05) is 13.1 Å². The molecule has 108 valence electrons. The zero-order valence-electron chi connectivity index (χ0n) is 11.4. The summed E-state index contributed by atoms with van der Waals surface area (Å²) in [5.74, 6) is -2.10. The SMILES string of the molecule is CC1(C)C(=O)NCCN1Cc1ccc(C(=O)O)c(F)c1. The number of nitrogens with one attached hydrogen (secondary N) is 1. The molecule has 1 aliphatic rings. The van der Waals surface area contributed by atoms with E-state index in [1.807, 2.05) is 18.7 Å². The van der Waals surface area contributed by atoms with Crippen LogP contribution in [0.15, 0.2) is 18.2 Å². The summed E-state index contributed by atoms with van der Waals surface area (Å²) in [5, 5.41) is 11.6. The van der Waals surface area contributed by atoms with Crippen LogP contribution in [0.5, 0.6) is 0 Å². The average Bonchev–Trinajstić information content (AvgIpc) is 2.35. The molecule has 1 aliphatic heterocycles. The van der Waals surface area contributed by atoms with E-state index in [-0.39, 0.29) is 11.5 Å². The lowest BCUT2D eigenvalue weighted by Gasteiger charge is -2.41. The summed E-state index contributed by atoms with van der Waals surface area (Å²) in [5.41, 5.74) is -0.361. The summed E-state index contributed by atoms with van der Waals surface area (Å²) < 4.78 is 13.6. The number of hydrogen-bond donors (Lipinski definition) is 2. The number of aromatic carboxylic acids is 1. The number of carboxylic acids is 1. The maximum absolute atomic E-state index is 13.6. The molecular weight excluding hydrogens is 263 g/mol. The molecule has 20 heavy (non-hydrogen) atoms. The third-order valence-corrected chi connectivity index (χ3v) is 3.65. The van der Waals surface area contributed by atoms with Gasteiger partial charge in [0.1, 0.15) is 5.82 Å². The van der Waals surface area contributed by atoms with Crippen molar-refractivity contribution < 1.29 is 19.1 Å². The average molecular weight is 280 g/mol. The van der Waals surface area contributed by atoms with Gasteiger partial charge in [-0.05, 0) is 31.5 Å². The van der Waals surface area contributed by atoms with Crippen molar-refractivity contribution in [1.82, 2.24) is 10.2 Å². The van der Waals surface area contributed by atoms with E-state index in [1.54, 1.807) is 6.07 Å². The highest BCUT2D eigenvalue weighted by Crippen LogP contribution is 2.21. The maximum Gasteiger partial charge on any atom is 0.338 e. The minimum Gasteiger partial charge on any atom is -0.478 e. The van der Waals surface area contributed by atoms with Crippen LogP contribution in [0.1, 0.15) is 29.8 Å². The fraction of sp³-hybridized carbons (Fsp3) is 0.429. The number of carbonyl (C=O) groups is 2. The molecule has 0 radical (unpaired) electrons. The van der Waals surface area contributed by atoms with E-state index in [0.717, 1.165) is 0 Å². The molecule has 6 heteroatoms. The normalized spacial score (nSPS) is 18.6. The molecule has 1 aromatic rings. The van der Waals surface area contributed by atoms with Crippen molar-refractivity contribution in [3.8, 4) is 0 Å². The molecule has 1 heterocycles. The predicted octanol–water partition coefficient (Wildman–Crippen LogP) is 1.23. The standard InChI is InChI=1S/C14H17FN2O3/c1-14(2)13(20)16-5-6-17(14)8-9-3-4-10(12(18)19)11(15)7-9/h3-4,7H,5-6,8H2,1-2H3,(H,16,20)(H,18,19). The number of piperazine rings is 1. The molecule has 2 N–H and O–H groups in total. The highest BCUT2D eigenvalue weighted by Gasteiger charge is 2.37.